The summed E-state index contributed by atoms with van der Waals surface area (Å²) in [7, 11) is 1.89. The Hall–Kier alpha value is -4.02. The molecule has 0 unspecified atom stereocenters. The van der Waals surface area contributed by atoms with Crippen LogP contribution in [0.4, 0.5) is 0 Å². The van der Waals surface area contributed by atoms with E-state index < -0.39 is 0 Å². The molecule has 0 amide bonds. The third-order valence-corrected chi connectivity index (χ3v) is 9.55. The molecule has 42 heavy (non-hydrogen) atoms. The zero-order valence-corrected chi connectivity index (χ0v) is 24.8. The molecule has 1 N–H and O–H groups in total. The molecular weight excluding hydrogens is 550 g/mol. The zero-order valence-electron chi connectivity index (χ0n) is 24.0. The number of aromatic nitrogens is 4. The van der Waals surface area contributed by atoms with E-state index in [1.807, 2.05) is 20.0 Å². The minimum absolute atomic E-state index is 0.0198. The topological polar surface area (TPSA) is 103 Å². The van der Waals surface area contributed by atoms with Crippen LogP contribution in [0.3, 0.4) is 0 Å². The lowest BCUT2D eigenvalue weighted by Gasteiger charge is -2.25. The first-order valence-corrected chi connectivity index (χ1v) is 15.2. The number of hydrogen-bond acceptors (Lipinski definition) is 9. The minimum atomic E-state index is -0.221. The number of rotatable bonds is 7. The number of nitrogens with zero attached hydrogens (tertiary/aromatic N) is 5. The number of carbonyl (C=O) groups excluding carboxylic acids is 1. The van der Waals surface area contributed by atoms with Crippen molar-refractivity contribution in [3.05, 3.63) is 75.8 Å². The molecule has 0 saturated heterocycles. The van der Waals surface area contributed by atoms with Gasteiger partial charge in [-0.15, -0.1) is 16.4 Å². The highest BCUT2D eigenvalue weighted by Crippen LogP contribution is 2.45. The van der Waals surface area contributed by atoms with E-state index in [4.69, 9.17) is 9.47 Å². The van der Waals surface area contributed by atoms with E-state index in [1.165, 1.54) is 15.6 Å². The van der Waals surface area contributed by atoms with Crippen molar-refractivity contribution < 1.29 is 19.4 Å². The van der Waals surface area contributed by atoms with E-state index in [9.17, 15) is 9.90 Å². The maximum atomic E-state index is 13.0. The highest BCUT2D eigenvalue weighted by Gasteiger charge is 2.48. The van der Waals surface area contributed by atoms with Gasteiger partial charge in [-0.25, -0.2) is 9.67 Å². The average molecular weight is 584 g/mol. The predicted octanol–water partition coefficient (Wildman–Crippen LogP) is 5.60. The van der Waals surface area contributed by atoms with Crippen molar-refractivity contribution in [2.75, 3.05) is 13.2 Å². The number of hydrogen-bond donors (Lipinski definition) is 1. The van der Waals surface area contributed by atoms with E-state index in [0.29, 0.717) is 13.2 Å². The predicted molar refractivity (Wildman–Crippen MR) is 161 cm³/mol. The first-order valence-electron chi connectivity index (χ1n) is 14.4. The largest absolute Gasteiger partial charge is 0.493 e. The number of carbonyl (C=O) groups is 1. The van der Waals surface area contributed by atoms with Crippen LogP contribution in [0.15, 0.2) is 48.0 Å². The Morgan fingerprint density at radius 3 is 2.90 bits per heavy atom. The van der Waals surface area contributed by atoms with Gasteiger partial charge in [0.25, 0.3) is 0 Å². The van der Waals surface area contributed by atoms with Gasteiger partial charge in [-0.1, -0.05) is 17.3 Å². The first kappa shape index (κ1) is 26.9. The lowest BCUT2D eigenvalue weighted by molar-refractivity contribution is -0.143. The molecule has 9 nitrogen and oxygen atoms in total. The smallest absolute Gasteiger partial charge is 0.306 e. The van der Waals surface area contributed by atoms with Crippen LogP contribution >= 0.6 is 11.3 Å². The molecule has 1 atom stereocenters. The summed E-state index contributed by atoms with van der Waals surface area (Å²) in [4.78, 5) is 19.5. The molecule has 216 valence electrons. The second kappa shape index (κ2) is 10.4. The molecular formula is C32H33N5O4S. The molecule has 7 rings (SSSR count). The molecule has 3 aromatic heterocycles. The summed E-state index contributed by atoms with van der Waals surface area (Å²) >= 11 is 1.74. The standard InChI is InChI=1S/C32H33N5O4S/c1-4-40-29(39)13-25(24-5-6-26-30(19(24)2)34-35-36(26)3)21-11-20-7-10-42-31(20)22(12-21)16-37-17-23-15-33-28(38)14-27(23)41-32(18-37)8-9-32/h5-7,10-12,14-15,25H,4,8-9,13,16-18H2,1-3H3,(H,33,38)/t25-/m0/s1. The van der Waals surface area contributed by atoms with Gasteiger partial charge in [0.15, 0.2) is 0 Å². The molecule has 0 bridgehead atoms. The second-order valence-electron chi connectivity index (χ2n) is 11.5. The lowest BCUT2D eigenvalue weighted by Crippen LogP contribution is -2.34. The molecule has 1 spiro atoms. The summed E-state index contributed by atoms with van der Waals surface area (Å²) in [6.45, 7) is 6.44. The Bertz CT molecular complexity index is 1820. The molecule has 5 aromatic rings. The molecule has 1 saturated carbocycles. The van der Waals surface area contributed by atoms with Crippen molar-refractivity contribution in [2.45, 2.75) is 57.7 Å². The van der Waals surface area contributed by atoms with Crippen LogP contribution in [0.2, 0.25) is 0 Å². The molecule has 2 aromatic carbocycles. The van der Waals surface area contributed by atoms with E-state index in [-0.39, 0.29) is 29.8 Å². The summed E-state index contributed by atoms with van der Waals surface area (Å²) in [6, 6.07) is 12.4. The Kier molecular flexibility index (Phi) is 6.62. The van der Waals surface area contributed by atoms with Crippen LogP contribution in [0.25, 0.3) is 21.1 Å². The first-order chi connectivity index (χ1) is 20.3. The fraction of sp³-hybridized carbons (Fsp3) is 0.375. The second-order valence-corrected chi connectivity index (χ2v) is 12.4. The highest BCUT2D eigenvalue weighted by atomic mass is 32.1. The molecule has 1 aliphatic heterocycles. The number of esters is 1. The number of benzene rings is 2. The summed E-state index contributed by atoms with van der Waals surface area (Å²) < 4.78 is 14.9. The monoisotopic (exact) mass is 583 g/mol. The Morgan fingerprint density at radius 1 is 1.24 bits per heavy atom. The molecule has 0 radical (unpaired) electrons. The summed E-state index contributed by atoms with van der Waals surface area (Å²) in [5, 5.41) is 21.9. The van der Waals surface area contributed by atoms with E-state index in [2.05, 4.69) is 56.8 Å². The van der Waals surface area contributed by atoms with Gasteiger partial charge in [0.1, 0.15) is 16.9 Å². The Labute approximate surface area is 247 Å². The fourth-order valence-electron chi connectivity index (χ4n) is 6.31. The van der Waals surface area contributed by atoms with Crippen molar-refractivity contribution in [1.82, 2.24) is 24.9 Å². The molecule has 1 fully saturated rings. The maximum absolute atomic E-state index is 13.0. The van der Waals surface area contributed by atoms with Crippen molar-refractivity contribution in [2.24, 2.45) is 7.05 Å². The number of fused-ring (bicyclic) bond motifs is 3. The zero-order chi connectivity index (χ0) is 29.0. The van der Waals surface area contributed by atoms with Gasteiger partial charge in [-0.05, 0) is 77.9 Å². The van der Waals surface area contributed by atoms with Crippen LogP contribution in [0.1, 0.15) is 59.9 Å². The van der Waals surface area contributed by atoms with Gasteiger partial charge in [0.2, 0.25) is 5.88 Å². The molecule has 4 heterocycles. The van der Waals surface area contributed by atoms with Gasteiger partial charge in [0, 0.05) is 55.1 Å². The Balaban J connectivity index is 1.30. The maximum Gasteiger partial charge on any atom is 0.306 e. The van der Waals surface area contributed by atoms with E-state index >= 15 is 0 Å². The third-order valence-electron chi connectivity index (χ3n) is 8.55. The van der Waals surface area contributed by atoms with Gasteiger partial charge in [0.05, 0.1) is 18.5 Å². The van der Waals surface area contributed by atoms with Crippen LogP contribution in [-0.2, 0) is 29.7 Å². The van der Waals surface area contributed by atoms with Crippen molar-refractivity contribution >= 4 is 38.4 Å². The number of aryl methyl sites for hydroxylation is 2. The summed E-state index contributed by atoms with van der Waals surface area (Å²) in [5.74, 6) is 0.282. The lowest BCUT2D eigenvalue weighted by atomic mass is 9.84. The number of thiophene rings is 1. The number of ether oxygens (including phenoxy) is 2. The molecule has 2 aliphatic rings. The van der Waals surface area contributed by atoms with Gasteiger partial charge in [-0.2, -0.15) is 0 Å². The quantitative estimate of drug-likeness (QED) is 0.247. The Morgan fingerprint density at radius 2 is 2.10 bits per heavy atom. The van der Waals surface area contributed by atoms with Crippen LogP contribution < -0.4 is 4.74 Å². The summed E-state index contributed by atoms with van der Waals surface area (Å²) in [5.41, 5.74) is 6.93. The van der Waals surface area contributed by atoms with E-state index in [1.54, 1.807) is 28.3 Å². The number of pyridine rings is 1. The molecule has 1 aliphatic carbocycles. The van der Waals surface area contributed by atoms with Crippen LogP contribution in [-0.4, -0.2) is 54.7 Å². The normalized spacial score (nSPS) is 16.7. The van der Waals surface area contributed by atoms with Crippen LogP contribution in [0, 0.1) is 6.92 Å². The van der Waals surface area contributed by atoms with Crippen molar-refractivity contribution in [3.8, 4) is 11.6 Å². The minimum Gasteiger partial charge on any atom is -0.493 e. The van der Waals surface area contributed by atoms with E-state index in [0.717, 1.165) is 65.0 Å². The number of aromatic hydroxyl groups is 1. The van der Waals surface area contributed by atoms with Crippen LogP contribution in [0.5, 0.6) is 11.6 Å². The van der Waals surface area contributed by atoms with Gasteiger partial charge < -0.3 is 14.6 Å². The highest BCUT2D eigenvalue weighted by molar-refractivity contribution is 7.17. The average Bonchev–Trinajstić information content (AvgIpc) is 3.38. The van der Waals surface area contributed by atoms with Crippen molar-refractivity contribution in [1.29, 1.82) is 0 Å². The van der Waals surface area contributed by atoms with Crippen molar-refractivity contribution in [3.63, 3.8) is 0 Å². The molecule has 10 heteroatoms. The summed E-state index contributed by atoms with van der Waals surface area (Å²) in [6.07, 6.45) is 3.94. The van der Waals surface area contributed by atoms with Gasteiger partial charge >= 0.3 is 5.97 Å². The third kappa shape index (κ3) is 4.88. The fourth-order valence-corrected chi connectivity index (χ4v) is 7.20. The van der Waals surface area contributed by atoms with Gasteiger partial charge in [-0.3, -0.25) is 9.69 Å². The SMILES string of the molecule is CCOC(=O)C[C@@H](c1cc(CN2Cc3cnc(O)cc3OC3(CC3)C2)c2sccc2c1)c1ccc2c(nnn2C)c1C.